The molecule has 6 nitrogen and oxygen atoms in total. The second-order valence-corrected chi connectivity index (χ2v) is 7.00. The number of aromatic nitrogens is 1. The van der Waals surface area contributed by atoms with E-state index in [1.54, 1.807) is 12.1 Å². The smallest absolute Gasteiger partial charge is 0.295 e. The van der Waals surface area contributed by atoms with Crippen LogP contribution >= 0.6 is 0 Å². The fraction of sp³-hybridized carbons (Fsp3) is 0.348. The molecule has 1 amide bonds. The van der Waals surface area contributed by atoms with Crippen LogP contribution in [0.2, 0.25) is 0 Å². The van der Waals surface area contributed by atoms with E-state index < -0.39 is 17.7 Å². The number of benzene rings is 1. The molecular weight excluding hydrogens is 368 g/mol. The van der Waals surface area contributed by atoms with Gasteiger partial charge in [0, 0.05) is 24.5 Å². The monoisotopic (exact) mass is 394 g/mol. The number of aliphatic hydroxyl groups excluding tert-OH is 1. The zero-order chi connectivity index (χ0) is 20.8. The quantitative estimate of drug-likeness (QED) is 0.316. The second kappa shape index (κ2) is 9.37. The van der Waals surface area contributed by atoms with Crippen molar-refractivity contribution in [3.05, 3.63) is 65.5 Å². The van der Waals surface area contributed by atoms with Crippen molar-refractivity contribution in [2.24, 2.45) is 0 Å². The molecule has 0 bridgehead atoms. The Balaban J connectivity index is 2.01. The minimum Gasteiger partial charge on any atom is -0.507 e. The molecule has 6 heteroatoms. The van der Waals surface area contributed by atoms with Gasteiger partial charge in [-0.05, 0) is 42.7 Å². The van der Waals surface area contributed by atoms with E-state index in [4.69, 9.17) is 4.74 Å². The van der Waals surface area contributed by atoms with Crippen molar-refractivity contribution in [1.29, 1.82) is 0 Å². The number of amides is 1. The lowest BCUT2D eigenvalue weighted by Crippen LogP contribution is -2.30. The number of ketones is 1. The van der Waals surface area contributed by atoms with Crippen molar-refractivity contribution in [1.82, 2.24) is 9.88 Å². The molecule has 1 fully saturated rings. The lowest BCUT2D eigenvalue weighted by molar-refractivity contribution is -0.139. The topological polar surface area (TPSA) is 79.7 Å². The molecule has 3 rings (SSSR count). The van der Waals surface area contributed by atoms with E-state index in [1.165, 1.54) is 17.3 Å². The largest absolute Gasteiger partial charge is 0.507 e. The Labute approximate surface area is 170 Å². The van der Waals surface area contributed by atoms with Crippen LogP contribution in [0.4, 0.5) is 0 Å². The number of likely N-dealkylation sites (tertiary alicyclic amines) is 1. The first-order chi connectivity index (χ1) is 14.1. The Morgan fingerprint density at radius 2 is 1.76 bits per heavy atom. The minimum absolute atomic E-state index is 0.106. The molecule has 0 radical (unpaired) electrons. The molecule has 1 atom stereocenters. The summed E-state index contributed by atoms with van der Waals surface area (Å²) in [7, 11) is 0. The van der Waals surface area contributed by atoms with Crippen LogP contribution in [0.5, 0.6) is 5.75 Å². The van der Waals surface area contributed by atoms with Gasteiger partial charge in [0.25, 0.3) is 11.7 Å². The Kier molecular flexibility index (Phi) is 6.65. The van der Waals surface area contributed by atoms with Crippen LogP contribution in [0, 0.1) is 0 Å². The third-order valence-electron chi connectivity index (χ3n) is 4.92. The molecule has 2 heterocycles. The first-order valence-electron chi connectivity index (χ1n) is 10.00. The predicted molar refractivity (Wildman–Crippen MR) is 110 cm³/mol. The average Bonchev–Trinajstić information content (AvgIpc) is 3.00. The summed E-state index contributed by atoms with van der Waals surface area (Å²) in [5.41, 5.74) is 1.32. The summed E-state index contributed by atoms with van der Waals surface area (Å²) in [6.45, 7) is 5.12. The number of unbranched alkanes of at least 4 members (excludes halogenated alkanes) is 1. The maximum atomic E-state index is 12.8. The number of carbonyl (C=O) groups excluding carboxylic acids is 2. The van der Waals surface area contributed by atoms with Crippen molar-refractivity contribution in [2.45, 2.75) is 39.2 Å². The molecular formula is C23H26N2O4. The summed E-state index contributed by atoms with van der Waals surface area (Å²) >= 11 is 0. The molecule has 1 aromatic carbocycles. The van der Waals surface area contributed by atoms with Gasteiger partial charge < -0.3 is 14.7 Å². The number of pyridine rings is 1. The van der Waals surface area contributed by atoms with Crippen molar-refractivity contribution in [3.8, 4) is 5.75 Å². The van der Waals surface area contributed by atoms with Crippen LogP contribution in [-0.2, 0) is 9.59 Å². The number of hydrogen-bond donors (Lipinski definition) is 1. The molecule has 1 unspecified atom stereocenters. The molecule has 1 N–H and O–H groups in total. The van der Waals surface area contributed by atoms with Crippen molar-refractivity contribution < 1.29 is 19.4 Å². The number of ether oxygens (including phenoxy) is 1. The van der Waals surface area contributed by atoms with Gasteiger partial charge in [-0.15, -0.1) is 0 Å². The van der Waals surface area contributed by atoms with E-state index in [2.05, 4.69) is 11.9 Å². The normalized spacial score (nSPS) is 18.3. The fourth-order valence-electron chi connectivity index (χ4n) is 3.44. The zero-order valence-corrected chi connectivity index (χ0v) is 16.8. The van der Waals surface area contributed by atoms with Crippen LogP contribution in [0.25, 0.3) is 5.76 Å². The number of carbonyl (C=O) groups is 2. The van der Waals surface area contributed by atoms with Crippen molar-refractivity contribution in [2.75, 3.05) is 13.2 Å². The number of nitrogens with zero attached hydrogens (tertiary/aromatic N) is 2. The third-order valence-corrected chi connectivity index (χ3v) is 4.92. The average molecular weight is 394 g/mol. The van der Waals surface area contributed by atoms with Crippen LogP contribution in [-0.4, -0.2) is 39.8 Å². The van der Waals surface area contributed by atoms with Gasteiger partial charge in [0.15, 0.2) is 0 Å². The van der Waals surface area contributed by atoms with E-state index >= 15 is 0 Å². The predicted octanol–water partition coefficient (Wildman–Crippen LogP) is 4.09. The fourth-order valence-corrected chi connectivity index (χ4v) is 3.44. The number of rotatable bonds is 8. The second-order valence-electron chi connectivity index (χ2n) is 7.00. The lowest BCUT2D eigenvalue weighted by Gasteiger charge is -2.25. The Morgan fingerprint density at radius 3 is 2.38 bits per heavy atom. The number of aliphatic hydroxyl groups is 1. The van der Waals surface area contributed by atoms with Crippen molar-refractivity contribution >= 4 is 17.4 Å². The van der Waals surface area contributed by atoms with E-state index in [-0.39, 0.29) is 11.3 Å². The summed E-state index contributed by atoms with van der Waals surface area (Å²) < 4.78 is 5.71. The Bertz CT molecular complexity index is 891. The van der Waals surface area contributed by atoms with E-state index in [1.807, 2.05) is 31.2 Å². The summed E-state index contributed by atoms with van der Waals surface area (Å²) in [5.74, 6) is -0.696. The highest BCUT2D eigenvalue weighted by Gasteiger charge is 2.45. The van der Waals surface area contributed by atoms with Crippen LogP contribution < -0.4 is 4.74 Å². The summed E-state index contributed by atoms with van der Waals surface area (Å²) in [6, 6.07) is 9.97. The van der Waals surface area contributed by atoms with Crippen LogP contribution in [0.3, 0.4) is 0 Å². The first kappa shape index (κ1) is 20.6. The highest BCUT2D eigenvalue weighted by Crippen LogP contribution is 2.39. The molecule has 2 aromatic rings. The van der Waals surface area contributed by atoms with Gasteiger partial charge in [-0.25, -0.2) is 0 Å². The van der Waals surface area contributed by atoms with Gasteiger partial charge in [0.2, 0.25) is 0 Å². The van der Waals surface area contributed by atoms with Gasteiger partial charge in [0.05, 0.1) is 18.2 Å². The number of Topliss-reactive ketones (excluding diaryl/α,β-unsaturated/α-hetero) is 1. The molecule has 0 aliphatic carbocycles. The first-order valence-corrected chi connectivity index (χ1v) is 10.00. The van der Waals surface area contributed by atoms with Gasteiger partial charge in [-0.3, -0.25) is 14.6 Å². The molecule has 1 saturated heterocycles. The number of hydrogen-bond acceptors (Lipinski definition) is 5. The molecule has 1 aliphatic rings. The van der Waals surface area contributed by atoms with Gasteiger partial charge in [0.1, 0.15) is 11.5 Å². The van der Waals surface area contributed by atoms with Crippen LogP contribution in [0.1, 0.15) is 50.3 Å². The summed E-state index contributed by atoms with van der Waals surface area (Å²) in [6.07, 6.45) is 5.81. The SMILES string of the molecule is CCCCOc1ccc(C2/C(=C(/O)c3ccncc3)C(=O)C(=O)N2CCC)cc1. The molecule has 29 heavy (non-hydrogen) atoms. The van der Waals surface area contributed by atoms with Gasteiger partial charge in [-0.1, -0.05) is 32.4 Å². The van der Waals surface area contributed by atoms with Crippen molar-refractivity contribution in [3.63, 3.8) is 0 Å². The van der Waals surface area contributed by atoms with Crippen LogP contribution in [0.15, 0.2) is 54.4 Å². The van der Waals surface area contributed by atoms with Gasteiger partial charge >= 0.3 is 0 Å². The van der Waals surface area contributed by atoms with E-state index in [0.29, 0.717) is 25.1 Å². The maximum absolute atomic E-state index is 12.8. The third kappa shape index (κ3) is 4.31. The standard InChI is InChI=1S/C23H26N2O4/c1-3-5-15-29-18-8-6-16(7-9-18)20-19(21(26)17-10-12-24-13-11-17)22(27)23(28)25(20)14-4-2/h6-13,20,26H,3-5,14-15H2,1-2H3/b21-19-. The van der Waals surface area contributed by atoms with E-state index in [0.717, 1.165) is 24.2 Å². The summed E-state index contributed by atoms with van der Waals surface area (Å²) in [5, 5.41) is 10.9. The zero-order valence-electron chi connectivity index (χ0n) is 16.8. The minimum atomic E-state index is -0.666. The molecule has 1 aliphatic heterocycles. The Hall–Kier alpha value is -3.15. The Morgan fingerprint density at radius 1 is 1.07 bits per heavy atom. The highest BCUT2D eigenvalue weighted by atomic mass is 16.5. The van der Waals surface area contributed by atoms with Gasteiger partial charge in [-0.2, -0.15) is 0 Å². The molecule has 0 saturated carbocycles. The van der Waals surface area contributed by atoms with E-state index in [9.17, 15) is 14.7 Å². The maximum Gasteiger partial charge on any atom is 0.295 e. The molecule has 152 valence electrons. The molecule has 0 spiro atoms. The molecule has 1 aromatic heterocycles. The summed E-state index contributed by atoms with van der Waals surface area (Å²) in [4.78, 5) is 30.9. The highest BCUT2D eigenvalue weighted by molar-refractivity contribution is 6.46. The lowest BCUT2D eigenvalue weighted by atomic mass is 9.95.